The van der Waals surface area contributed by atoms with Gasteiger partial charge in [-0.2, -0.15) is 0 Å². The second-order valence-corrected chi connectivity index (χ2v) is 8.15. The Morgan fingerprint density at radius 2 is 1.62 bits per heavy atom. The van der Waals surface area contributed by atoms with E-state index in [0.29, 0.717) is 21.6 Å². The van der Waals surface area contributed by atoms with Crippen molar-refractivity contribution in [2.75, 3.05) is 0 Å². The highest BCUT2D eigenvalue weighted by Gasteiger charge is 2.21. The predicted molar refractivity (Wildman–Crippen MR) is 128 cm³/mol. The number of benzene rings is 3. The number of hydrogen-bond donors (Lipinski definition) is 0. The molecule has 0 saturated carbocycles. The van der Waals surface area contributed by atoms with Gasteiger partial charge < -0.3 is 9.15 Å². The van der Waals surface area contributed by atoms with Crippen molar-refractivity contribution in [1.29, 1.82) is 0 Å². The van der Waals surface area contributed by atoms with Crippen LogP contribution in [-0.2, 0) is 4.79 Å². The lowest BCUT2D eigenvalue weighted by Crippen LogP contribution is -2.15. The van der Waals surface area contributed by atoms with Crippen molar-refractivity contribution in [3.8, 4) is 17.1 Å². The average Bonchev–Trinajstić information content (AvgIpc) is 2.75. The first kappa shape index (κ1) is 21.6. The maximum atomic E-state index is 13.4. The Morgan fingerprint density at radius 3 is 2.31 bits per heavy atom. The SMILES string of the molecule is Cc1ccc(-c2oc3cc(C)cc(C)c3c(=O)c2OC(=O)C=Cc2ccc(Cl)cc2)cc1. The predicted octanol–water partition coefficient (Wildman–Crippen LogP) is 6.66. The highest BCUT2D eigenvalue weighted by molar-refractivity contribution is 6.30. The molecule has 0 bridgehead atoms. The molecule has 0 aliphatic rings. The zero-order valence-corrected chi connectivity index (χ0v) is 18.7. The van der Waals surface area contributed by atoms with Crippen molar-refractivity contribution in [2.45, 2.75) is 20.8 Å². The van der Waals surface area contributed by atoms with E-state index >= 15 is 0 Å². The van der Waals surface area contributed by atoms with Crippen molar-refractivity contribution in [2.24, 2.45) is 0 Å². The number of aryl methyl sites for hydroxylation is 3. The third-order valence-corrected chi connectivity index (χ3v) is 5.35. The van der Waals surface area contributed by atoms with Crippen LogP contribution in [0.15, 0.2) is 76.0 Å². The standard InChI is InChI=1S/C27H21ClO4/c1-16-4-9-20(10-5-16)26-27(25(30)24-18(3)14-17(2)15-22(24)31-26)32-23(29)13-8-19-6-11-21(28)12-7-19/h4-15H,1-3H3. The minimum Gasteiger partial charge on any atom is -0.452 e. The third kappa shape index (κ3) is 4.51. The van der Waals surface area contributed by atoms with E-state index in [1.54, 1.807) is 30.3 Å². The summed E-state index contributed by atoms with van der Waals surface area (Å²) in [6, 6.07) is 18.2. The summed E-state index contributed by atoms with van der Waals surface area (Å²) in [4.78, 5) is 26.0. The van der Waals surface area contributed by atoms with E-state index < -0.39 is 5.97 Å². The Hall–Kier alpha value is -3.63. The van der Waals surface area contributed by atoms with Gasteiger partial charge in [-0.1, -0.05) is 59.6 Å². The van der Waals surface area contributed by atoms with E-state index in [4.69, 9.17) is 20.8 Å². The number of carbonyl (C=O) groups is 1. The van der Waals surface area contributed by atoms with Gasteiger partial charge in [0.2, 0.25) is 11.2 Å². The summed E-state index contributed by atoms with van der Waals surface area (Å²) < 4.78 is 11.7. The summed E-state index contributed by atoms with van der Waals surface area (Å²) in [5.74, 6) is -0.579. The summed E-state index contributed by atoms with van der Waals surface area (Å²) in [6.07, 6.45) is 2.87. The Morgan fingerprint density at radius 1 is 0.938 bits per heavy atom. The van der Waals surface area contributed by atoms with E-state index in [0.717, 1.165) is 22.3 Å². The number of carbonyl (C=O) groups excluding carboxylic acids is 1. The maximum absolute atomic E-state index is 13.4. The van der Waals surface area contributed by atoms with Gasteiger partial charge >= 0.3 is 5.97 Å². The van der Waals surface area contributed by atoms with Crippen LogP contribution >= 0.6 is 11.6 Å². The quantitative estimate of drug-likeness (QED) is 0.261. The summed E-state index contributed by atoms with van der Waals surface area (Å²) in [5.41, 5.74) is 4.31. The lowest BCUT2D eigenvalue weighted by Gasteiger charge is -2.11. The minimum atomic E-state index is -0.676. The average molecular weight is 445 g/mol. The lowest BCUT2D eigenvalue weighted by molar-refractivity contribution is -0.129. The summed E-state index contributed by atoms with van der Waals surface area (Å²) in [5, 5.41) is 1.00. The van der Waals surface area contributed by atoms with Gasteiger partial charge in [0, 0.05) is 16.7 Å². The van der Waals surface area contributed by atoms with Crippen molar-refractivity contribution >= 4 is 34.6 Å². The van der Waals surface area contributed by atoms with Crippen LogP contribution < -0.4 is 10.2 Å². The highest BCUT2D eigenvalue weighted by atomic mass is 35.5. The van der Waals surface area contributed by atoms with Gasteiger partial charge in [0.15, 0.2) is 5.76 Å². The molecule has 3 aromatic carbocycles. The van der Waals surface area contributed by atoms with Crippen LogP contribution in [0.4, 0.5) is 0 Å². The number of ether oxygens (including phenoxy) is 1. The zero-order chi connectivity index (χ0) is 22.8. The van der Waals surface area contributed by atoms with Crippen LogP contribution in [0.3, 0.4) is 0 Å². The van der Waals surface area contributed by atoms with Crippen molar-refractivity contribution in [3.63, 3.8) is 0 Å². The molecular weight excluding hydrogens is 424 g/mol. The van der Waals surface area contributed by atoms with Crippen molar-refractivity contribution in [1.82, 2.24) is 0 Å². The largest absolute Gasteiger partial charge is 0.452 e. The van der Waals surface area contributed by atoms with E-state index in [9.17, 15) is 9.59 Å². The second kappa shape index (κ2) is 8.85. The fraction of sp³-hybridized carbons (Fsp3) is 0.111. The number of esters is 1. The fourth-order valence-electron chi connectivity index (χ4n) is 3.53. The van der Waals surface area contributed by atoms with Gasteiger partial charge in [-0.15, -0.1) is 0 Å². The zero-order valence-electron chi connectivity index (χ0n) is 17.9. The molecule has 0 N–H and O–H groups in total. The first-order valence-corrected chi connectivity index (χ1v) is 10.5. The molecule has 160 valence electrons. The molecule has 32 heavy (non-hydrogen) atoms. The van der Waals surface area contributed by atoms with Crippen LogP contribution in [0.1, 0.15) is 22.3 Å². The third-order valence-electron chi connectivity index (χ3n) is 5.09. The highest BCUT2D eigenvalue weighted by Crippen LogP contribution is 2.32. The molecule has 1 aromatic heterocycles. The minimum absolute atomic E-state index is 0.126. The first-order chi connectivity index (χ1) is 15.3. The van der Waals surface area contributed by atoms with Gasteiger partial charge in [-0.05, 0) is 61.7 Å². The molecule has 0 atom stereocenters. The topological polar surface area (TPSA) is 56.5 Å². The van der Waals surface area contributed by atoms with Crippen LogP contribution in [0.25, 0.3) is 28.4 Å². The normalized spacial score (nSPS) is 11.2. The summed E-state index contributed by atoms with van der Waals surface area (Å²) >= 11 is 5.89. The molecule has 0 aliphatic heterocycles. The van der Waals surface area contributed by atoms with Crippen LogP contribution in [0.5, 0.6) is 5.75 Å². The van der Waals surface area contributed by atoms with Gasteiger partial charge in [0.05, 0.1) is 5.39 Å². The molecule has 0 fully saturated rings. The van der Waals surface area contributed by atoms with Gasteiger partial charge in [-0.3, -0.25) is 4.79 Å². The second-order valence-electron chi connectivity index (χ2n) is 7.72. The summed E-state index contributed by atoms with van der Waals surface area (Å²) in [7, 11) is 0. The molecule has 4 aromatic rings. The fourth-order valence-corrected chi connectivity index (χ4v) is 3.66. The Labute approximate surface area is 190 Å². The number of rotatable bonds is 4. The number of hydrogen-bond acceptors (Lipinski definition) is 4. The molecule has 5 heteroatoms. The Bertz CT molecular complexity index is 1400. The molecule has 0 unspecified atom stereocenters. The molecular formula is C27H21ClO4. The van der Waals surface area contributed by atoms with Gasteiger partial charge in [-0.25, -0.2) is 4.79 Å². The molecule has 0 saturated heterocycles. The maximum Gasteiger partial charge on any atom is 0.336 e. The molecule has 0 aliphatic carbocycles. The van der Waals surface area contributed by atoms with E-state index in [1.807, 2.05) is 57.2 Å². The lowest BCUT2D eigenvalue weighted by atomic mass is 10.0. The van der Waals surface area contributed by atoms with Gasteiger partial charge in [0.25, 0.3) is 0 Å². The molecule has 0 amide bonds. The number of halogens is 1. The Kier molecular flexibility index (Phi) is 5.97. The Balaban J connectivity index is 1.80. The van der Waals surface area contributed by atoms with Crippen molar-refractivity contribution < 1.29 is 13.9 Å². The number of fused-ring (bicyclic) bond motifs is 1. The molecule has 0 radical (unpaired) electrons. The van der Waals surface area contributed by atoms with Crippen LogP contribution in [0, 0.1) is 20.8 Å². The van der Waals surface area contributed by atoms with Gasteiger partial charge in [0.1, 0.15) is 5.58 Å². The smallest absolute Gasteiger partial charge is 0.336 e. The van der Waals surface area contributed by atoms with E-state index in [-0.39, 0.29) is 16.9 Å². The van der Waals surface area contributed by atoms with Crippen LogP contribution in [-0.4, -0.2) is 5.97 Å². The van der Waals surface area contributed by atoms with Crippen molar-refractivity contribution in [3.05, 3.63) is 104 Å². The molecule has 4 rings (SSSR count). The molecule has 0 spiro atoms. The molecule has 1 heterocycles. The van der Waals surface area contributed by atoms with E-state index in [2.05, 4.69) is 0 Å². The first-order valence-electron chi connectivity index (χ1n) is 10.1. The monoisotopic (exact) mass is 444 g/mol. The molecule has 4 nitrogen and oxygen atoms in total. The van der Waals surface area contributed by atoms with Crippen LogP contribution in [0.2, 0.25) is 5.02 Å². The summed E-state index contributed by atoms with van der Waals surface area (Å²) in [6.45, 7) is 5.74. The van der Waals surface area contributed by atoms with E-state index in [1.165, 1.54) is 6.08 Å².